The normalized spacial score (nSPS) is 16.4. The summed E-state index contributed by atoms with van der Waals surface area (Å²) in [5, 5.41) is 0. The fourth-order valence-corrected chi connectivity index (χ4v) is 23.0. The first-order valence-electron chi connectivity index (χ1n) is 8.08. The first-order chi connectivity index (χ1) is 10.5. The summed E-state index contributed by atoms with van der Waals surface area (Å²) in [6.45, 7) is 9.12. The molecule has 3 rings (SSSR count). The van der Waals surface area contributed by atoms with Crippen molar-refractivity contribution >= 4 is 47.6 Å². The van der Waals surface area contributed by atoms with E-state index in [-0.39, 0.29) is 30.4 Å². The van der Waals surface area contributed by atoms with Crippen molar-refractivity contribution in [3.8, 4) is 11.1 Å². The van der Waals surface area contributed by atoms with Crippen LogP contribution in [0.15, 0.2) is 41.1 Å². The minimum absolute atomic E-state index is 0. The molecule has 138 valence electrons. The zero-order valence-corrected chi connectivity index (χ0v) is 22.5. The molecule has 1 aromatic heterocycles. The third-order valence-electron chi connectivity index (χ3n) is 4.49. The van der Waals surface area contributed by atoms with Crippen molar-refractivity contribution < 1.29 is 17.7 Å². The zero-order chi connectivity index (χ0) is 17.1. The van der Waals surface area contributed by atoms with E-state index in [4.69, 9.17) is 0 Å². The molecule has 1 unspecified atom stereocenters. The molecule has 1 atom stereocenters. The summed E-state index contributed by atoms with van der Waals surface area (Å²) < 4.78 is 10.6. The molecule has 1 aliphatic rings. The smallest absolute Gasteiger partial charge is 0.147 e. The standard InChI is InChI=1S/C12H7BrN.C4H10N.2CH3.2ClH.H2Si.Zr/c13-12-6-9-5-8-3-1-2-4-10(8)11(9)7-14-12;1-4(2,3)5;;;;;;/h1-7H;5H,1-3H3;2*1H3;2*1H;1H2;/q;-1;;;;;;+1. The molecule has 1 heterocycles. The van der Waals surface area contributed by atoms with E-state index >= 15 is 0 Å². The van der Waals surface area contributed by atoms with E-state index in [1.807, 2.05) is 6.20 Å². The predicted octanol–water partition coefficient (Wildman–Crippen LogP) is 5.39. The van der Waals surface area contributed by atoms with Gasteiger partial charge >= 0.3 is 151 Å². The van der Waals surface area contributed by atoms with Crippen molar-refractivity contribution in [2.24, 2.45) is 0 Å². The topological polar surface area (TPSA) is 24.9 Å². The number of nitrogens with one attached hydrogen (secondary N) is 1. The first-order valence-corrected chi connectivity index (χ1v) is 22.4. The first kappa shape index (κ1) is 23.5. The molecule has 7 heteroatoms. The second-order valence-electron chi connectivity index (χ2n) is 8.80. The van der Waals surface area contributed by atoms with E-state index in [1.165, 1.54) is 22.3 Å². The Labute approximate surface area is 174 Å². The predicted molar refractivity (Wildman–Crippen MR) is 117 cm³/mol. The van der Waals surface area contributed by atoms with Gasteiger partial charge in [-0.15, -0.1) is 24.8 Å². The minimum atomic E-state index is -3.22. The third-order valence-corrected chi connectivity index (χ3v) is 18.3. The van der Waals surface area contributed by atoms with Gasteiger partial charge in [-0.25, -0.2) is 0 Å². The fraction of sp³-hybridized carbons (Fsp3) is 0.389. The molecule has 25 heavy (non-hydrogen) atoms. The second kappa shape index (κ2) is 7.48. The van der Waals surface area contributed by atoms with Crippen LogP contribution in [-0.4, -0.2) is 17.4 Å². The largest absolute Gasteiger partial charge is 0.147 e. The van der Waals surface area contributed by atoms with Gasteiger partial charge in [0.2, 0.25) is 0 Å². The number of hydrogen-bond donors (Lipinski definition) is 1. The van der Waals surface area contributed by atoms with Gasteiger partial charge < -0.3 is 0 Å². The summed E-state index contributed by atoms with van der Waals surface area (Å²) in [5.41, 5.74) is 5.71. The van der Waals surface area contributed by atoms with Crippen LogP contribution in [0.25, 0.3) is 11.1 Å². The number of fused-ring (bicyclic) bond motifs is 3. The van der Waals surface area contributed by atoms with E-state index in [2.05, 4.69) is 91.4 Å². The number of pyridine rings is 1. The molecular formula is C18H27BrCl2N2SiZr. The quantitative estimate of drug-likeness (QED) is 0.407. The van der Waals surface area contributed by atoms with Crippen molar-refractivity contribution in [3.05, 3.63) is 52.3 Å². The summed E-state index contributed by atoms with van der Waals surface area (Å²) in [5.74, 6) is 0. The Balaban J connectivity index is 0.00000156. The number of benzene rings is 1. The molecule has 0 saturated carbocycles. The summed E-state index contributed by atoms with van der Waals surface area (Å²) in [6.07, 6.45) is 2.03. The molecule has 1 aliphatic carbocycles. The second-order valence-corrected chi connectivity index (χ2v) is 38.3. The molecule has 0 bridgehead atoms. The molecule has 1 aromatic carbocycles. The summed E-state index contributed by atoms with van der Waals surface area (Å²) in [6, 6.07) is 11.1. The Kier molecular flexibility index (Phi) is 7.04. The molecule has 2 nitrogen and oxygen atoms in total. The summed E-state index contributed by atoms with van der Waals surface area (Å²) in [7, 11) is 0. The molecule has 0 aliphatic heterocycles. The van der Waals surface area contributed by atoms with Gasteiger partial charge in [0.05, 0.1) is 0 Å². The van der Waals surface area contributed by atoms with Gasteiger partial charge in [-0.1, -0.05) is 0 Å². The maximum atomic E-state index is 4.49. The maximum Gasteiger partial charge on any atom is -0.147 e. The van der Waals surface area contributed by atoms with Crippen LogP contribution >= 0.6 is 40.7 Å². The number of hydrogen-bond acceptors (Lipinski definition) is 2. The van der Waals surface area contributed by atoms with Crippen LogP contribution in [-0.2, 0) is 17.7 Å². The van der Waals surface area contributed by atoms with E-state index < -0.39 is 17.7 Å². The fourth-order valence-electron chi connectivity index (χ4n) is 4.37. The Morgan fingerprint density at radius 1 is 1.08 bits per heavy atom. The molecule has 2 aromatic rings. The van der Waals surface area contributed by atoms with Crippen LogP contribution in [0, 0.1) is 0 Å². The van der Waals surface area contributed by atoms with E-state index in [0.29, 0.717) is 3.63 Å². The minimum Gasteiger partial charge on any atom is -0.147 e. The van der Waals surface area contributed by atoms with Crippen LogP contribution in [0.2, 0.25) is 9.26 Å². The van der Waals surface area contributed by atoms with Gasteiger partial charge in [0.15, 0.2) is 0 Å². The number of nitrogens with zero attached hydrogens (tertiary/aromatic N) is 1. The average molecular weight is 542 g/mol. The number of halogens is 3. The molecule has 0 spiro atoms. The SMILES string of the molecule is CC(C)(C)[NH][Zr]([CH3])([CH3])(=[SiH2])[CH]1c2ccccc2-c2cnc(Br)cc21.Cl.Cl. The maximum absolute atomic E-state index is 4.49. The van der Waals surface area contributed by atoms with Gasteiger partial charge in [0.25, 0.3) is 0 Å². The Morgan fingerprint density at radius 3 is 2.28 bits per heavy atom. The third kappa shape index (κ3) is 4.67. The Bertz CT molecular complexity index is 858. The summed E-state index contributed by atoms with van der Waals surface area (Å²) >= 11 is 0.353. The van der Waals surface area contributed by atoms with E-state index in [0.717, 1.165) is 4.60 Å². The van der Waals surface area contributed by atoms with Gasteiger partial charge in [0.1, 0.15) is 0 Å². The Hall–Kier alpha value is 0.490. The molecule has 1 N–H and O–H groups in total. The van der Waals surface area contributed by atoms with Crippen molar-refractivity contribution in [1.82, 2.24) is 8.24 Å². The average Bonchev–Trinajstić information content (AvgIpc) is 2.69. The molecule has 0 amide bonds. The molecule has 0 fully saturated rings. The van der Waals surface area contributed by atoms with Crippen LogP contribution in [0.4, 0.5) is 0 Å². The van der Waals surface area contributed by atoms with Gasteiger partial charge in [0, 0.05) is 0 Å². The van der Waals surface area contributed by atoms with Crippen molar-refractivity contribution in [3.63, 3.8) is 0 Å². The van der Waals surface area contributed by atoms with E-state index in [1.54, 1.807) is 0 Å². The van der Waals surface area contributed by atoms with Crippen molar-refractivity contribution in [2.75, 3.05) is 0 Å². The number of aromatic nitrogens is 1. The van der Waals surface area contributed by atoms with Gasteiger partial charge in [-0.3, -0.25) is 0 Å². The van der Waals surface area contributed by atoms with Crippen LogP contribution in [0.5, 0.6) is 0 Å². The van der Waals surface area contributed by atoms with Crippen molar-refractivity contribution in [1.29, 1.82) is 0 Å². The van der Waals surface area contributed by atoms with Crippen LogP contribution in [0.1, 0.15) is 35.5 Å². The van der Waals surface area contributed by atoms with Crippen LogP contribution < -0.4 is 3.26 Å². The molecule has 0 saturated heterocycles. The summed E-state index contributed by atoms with van der Waals surface area (Å²) in [4.78, 5) is 4.49. The van der Waals surface area contributed by atoms with Crippen molar-refractivity contribution in [2.45, 2.75) is 39.2 Å². The van der Waals surface area contributed by atoms with Gasteiger partial charge in [-0.05, 0) is 0 Å². The van der Waals surface area contributed by atoms with Crippen LogP contribution in [0.3, 0.4) is 0 Å². The van der Waals surface area contributed by atoms with Gasteiger partial charge in [-0.2, -0.15) is 0 Å². The Morgan fingerprint density at radius 2 is 1.68 bits per heavy atom. The monoisotopic (exact) mass is 538 g/mol. The molecular weight excluding hydrogens is 514 g/mol. The number of rotatable bonds is 2. The molecule has 0 radical (unpaired) electrons. The zero-order valence-electron chi connectivity index (χ0n) is 15.4. The van der Waals surface area contributed by atoms with E-state index in [9.17, 15) is 0 Å².